The maximum Gasteiger partial charge on any atom is 0.175 e. The number of imidazole rings is 1. The van der Waals surface area contributed by atoms with Gasteiger partial charge in [-0.1, -0.05) is 11.6 Å². The number of pyridine rings is 1. The molecule has 2 heterocycles. The summed E-state index contributed by atoms with van der Waals surface area (Å²) in [4.78, 5) is 3.96. The minimum absolute atomic E-state index is 0.208. The highest BCUT2D eigenvalue weighted by molar-refractivity contribution is 6.30. The molecule has 0 aliphatic rings. The van der Waals surface area contributed by atoms with Gasteiger partial charge in [0.05, 0.1) is 10.7 Å². The third-order valence-electron chi connectivity index (χ3n) is 1.86. The van der Waals surface area contributed by atoms with Gasteiger partial charge in [0.1, 0.15) is 5.82 Å². The maximum absolute atomic E-state index is 13.2. The molecule has 0 spiro atoms. The second-order valence-electron chi connectivity index (χ2n) is 2.78. The molecular formula is C8H7ClFN3. The number of nitrogens with zero attached hydrogens (tertiary/aromatic N) is 2. The van der Waals surface area contributed by atoms with Crippen molar-refractivity contribution < 1.29 is 4.39 Å². The summed E-state index contributed by atoms with van der Waals surface area (Å²) in [7, 11) is 0. The van der Waals surface area contributed by atoms with E-state index in [9.17, 15) is 4.39 Å². The van der Waals surface area contributed by atoms with Crippen LogP contribution in [0.25, 0.3) is 5.65 Å². The first-order valence-corrected chi connectivity index (χ1v) is 4.06. The second-order valence-corrected chi connectivity index (χ2v) is 3.22. The molecule has 0 unspecified atom stereocenters. The lowest BCUT2D eigenvalue weighted by molar-refractivity contribution is 0.630. The van der Waals surface area contributed by atoms with Crippen molar-refractivity contribution in [2.24, 2.45) is 0 Å². The van der Waals surface area contributed by atoms with Gasteiger partial charge in [0.2, 0.25) is 0 Å². The van der Waals surface area contributed by atoms with E-state index in [1.807, 2.05) is 0 Å². The van der Waals surface area contributed by atoms with Crippen molar-refractivity contribution in [3.8, 4) is 0 Å². The van der Waals surface area contributed by atoms with Crippen molar-refractivity contribution >= 4 is 23.1 Å². The Balaban J connectivity index is 2.94. The molecule has 0 saturated heterocycles. The molecule has 2 aromatic heterocycles. The highest BCUT2D eigenvalue weighted by Crippen LogP contribution is 2.20. The molecule has 5 heteroatoms. The summed E-state index contributed by atoms with van der Waals surface area (Å²) in [5.74, 6) is -0.0521. The van der Waals surface area contributed by atoms with E-state index in [1.165, 1.54) is 16.7 Å². The quantitative estimate of drug-likeness (QED) is 0.706. The number of rotatable bonds is 0. The topological polar surface area (TPSA) is 43.3 Å². The summed E-state index contributed by atoms with van der Waals surface area (Å²) in [6.45, 7) is 1.72. The number of hydrogen-bond donors (Lipinski definition) is 1. The van der Waals surface area contributed by atoms with E-state index in [4.69, 9.17) is 17.3 Å². The van der Waals surface area contributed by atoms with E-state index < -0.39 is 5.82 Å². The first kappa shape index (κ1) is 8.31. The van der Waals surface area contributed by atoms with Gasteiger partial charge in [-0.2, -0.15) is 0 Å². The van der Waals surface area contributed by atoms with Crippen molar-refractivity contribution in [3.63, 3.8) is 0 Å². The normalized spacial score (nSPS) is 11.0. The Kier molecular flexibility index (Phi) is 1.66. The zero-order chi connectivity index (χ0) is 9.59. The van der Waals surface area contributed by atoms with Crippen LogP contribution in [0.3, 0.4) is 0 Å². The van der Waals surface area contributed by atoms with Crippen LogP contribution in [-0.2, 0) is 0 Å². The van der Waals surface area contributed by atoms with E-state index >= 15 is 0 Å². The Hall–Kier alpha value is -1.29. The predicted octanol–water partition coefficient (Wildman–Crippen LogP) is 2.02. The van der Waals surface area contributed by atoms with E-state index in [1.54, 1.807) is 6.92 Å². The molecule has 0 aliphatic carbocycles. The largest absolute Gasteiger partial charge is 0.383 e. The fourth-order valence-electron chi connectivity index (χ4n) is 1.20. The van der Waals surface area contributed by atoms with Crippen LogP contribution in [0.4, 0.5) is 10.2 Å². The number of hydrogen-bond acceptors (Lipinski definition) is 2. The second kappa shape index (κ2) is 2.60. The fraction of sp³-hybridized carbons (Fsp3) is 0.125. The molecule has 0 atom stereocenters. The van der Waals surface area contributed by atoms with Gasteiger partial charge in [-0.25, -0.2) is 9.37 Å². The van der Waals surface area contributed by atoms with E-state index in [-0.39, 0.29) is 5.65 Å². The minimum atomic E-state index is -0.465. The van der Waals surface area contributed by atoms with Crippen LogP contribution in [0.15, 0.2) is 12.3 Å². The molecule has 2 rings (SSSR count). The number of anilines is 1. The average molecular weight is 200 g/mol. The SMILES string of the molecule is Cc1nc2c(F)cc(Cl)cn2c1N. The molecule has 2 aromatic rings. The van der Waals surface area contributed by atoms with Crippen molar-refractivity contribution in [3.05, 3.63) is 28.8 Å². The van der Waals surface area contributed by atoms with Gasteiger partial charge in [0, 0.05) is 6.20 Å². The first-order valence-electron chi connectivity index (χ1n) is 3.69. The summed E-state index contributed by atoms with van der Waals surface area (Å²) in [5.41, 5.74) is 6.46. The molecule has 68 valence electrons. The minimum Gasteiger partial charge on any atom is -0.383 e. The van der Waals surface area contributed by atoms with Crippen molar-refractivity contribution in [2.75, 3.05) is 5.73 Å². The van der Waals surface area contributed by atoms with Gasteiger partial charge >= 0.3 is 0 Å². The lowest BCUT2D eigenvalue weighted by atomic mass is 10.4. The van der Waals surface area contributed by atoms with E-state index in [2.05, 4.69) is 4.98 Å². The molecule has 13 heavy (non-hydrogen) atoms. The van der Waals surface area contributed by atoms with Crippen LogP contribution in [0.1, 0.15) is 5.69 Å². The van der Waals surface area contributed by atoms with Gasteiger partial charge in [-0.15, -0.1) is 0 Å². The van der Waals surface area contributed by atoms with Crippen molar-refractivity contribution in [1.82, 2.24) is 9.38 Å². The Morgan fingerprint density at radius 3 is 3.00 bits per heavy atom. The van der Waals surface area contributed by atoms with Crippen molar-refractivity contribution in [2.45, 2.75) is 6.92 Å². The summed E-state index contributed by atoms with van der Waals surface area (Å²) in [6.07, 6.45) is 1.54. The van der Waals surface area contributed by atoms with Gasteiger partial charge in [0.15, 0.2) is 11.5 Å². The summed E-state index contributed by atoms with van der Waals surface area (Å²) >= 11 is 5.66. The molecule has 0 bridgehead atoms. The zero-order valence-electron chi connectivity index (χ0n) is 6.88. The number of nitrogen functional groups attached to an aromatic ring is 1. The molecule has 2 N–H and O–H groups in total. The third-order valence-corrected chi connectivity index (χ3v) is 2.07. The Labute approximate surface area is 78.9 Å². The number of aromatic nitrogens is 2. The Morgan fingerprint density at radius 2 is 2.31 bits per heavy atom. The highest BCUT2D eigenvalue weighted by Gasteiger charge is 2.09. The summed E-state index contributed by atoms with van der Waals surface area (Å²) < 4.78 is 14.7. The van der Waals surface area contributed by atoms with Crippen LogP contribution in [0.2, 0.25) is 5.02 Å². The monoisotopic (exact) mass is 199 g/mol. The predicted molar refractivity (Wildman–Crippen MR) is 49.3 cm³/mol. The lowest BCUT2D eigenvalue weighted by Gasteiger charge is -1.97. The maximum atomic E-state index is 13.2. The van der Waals surface area contributed by atoms with Crippen LogP contribution in [0, 0.1) is 12.7 Å². The lowest BCUT2D eigenvalue weighted by Crippen LogP contribution is -1.95. The summed E-state index contributed by atoms with van der Waals surface area (Å²) in [5, 5.41) is 0.300. The smallest absolute Gasteiger partial charge is 0.175 e. The number of halogens is 2. The Bertz CT molecular complexity index is 478. The summed E-state index contributed by atoms with van der Waals surface area (Å²) in [6, 6.07) is 1.21. The van der Waals surface area contributed by atoms with Gasteiger partial charge in [-0.05, 0) is 13.0 Å². The molecule has 0 fully saturated rings. The zero-order valence-corrected chi connectivity index (χ0v) is 7.64. The Morgan fingerprint density at radius 1 is 1.62 bits per heavy atom. The van der Waals surface area contributed by atoms with Crippen LogP contribution in [-0.4, -0.2) is 9.38 Å². The van der Waals surface area contributed by atoms with Crippen molar-refractivity contribution in [1.29, 1.82) is 0 Å². The highest BCUT2D eigenvalue weighted by atomic mass is 35.5. The third kappa shape index (κ3) is 1.14. The van der Waals surface area contributed by atoms with Gasteiger partial charge in [0.25, 0.3) is 0 Å². The van der Waals surface area contributed by atoms with Gasteiger partial charge in [-0.3, -0.25) is 4.40 Å². The average Bonchev–Trinajstić information content (AvgIpc) is 2.32. The standard InChI is InChI=1S/C8H7ClFN3/c1-4-7(11)13-3-5(9)2-6(10)8(13)12-4/h2-3H,11H2,1H3. The number of nitrogens with two attached hydrogens (primary N) is 1. The molecule has 0 radical (unpaired) electrons. The van der Waals surface area contributed by atoms with Crippen LogP contribution in [0.5, 0.6) is 0 Å². The number of fused-ring (bicyclic) bond motifs is 1. The first-order chi connectivity index (χ1) is 6.09. The van der Waals surface area contributed by atoms with Crippen LogP contribution < -0.4 is 5.73 Å². The molecule has 0 saturated carbocycles. The molecule has 0 aliphatic heterocycles. The van der Waals surface area contributed by atoms with Crippen LogP contribution >= 0.6 is 11.6 Å². The van der Waals surface area contributed by atoms with Gasteiger partial charge < -0.3 is 5.73 Å². The van der Waals surface area contributed by atoms with E-state index in [0.717, 1.165) is 0 Å². The van der Waals surface area contributed by atoms with E-state index in [0.29, 0.717) is 16.5 Å². The fourth-order valence-corrected chi connectivity index (χ4v) is 1.40. The molecule has 0 aromatic carbocycles. The molecule has 3 nitrogen and oxygen atoms in total. The molecular weight excluding hydrogens is 193 g/mol. The molecule has 0 amide bonds. The number of aryl methyl sites for hydroxylation is 1.